The first-order chi connectivity index (χ1) is 9.08. The summed E-state index contributed by atoms with van der Waals surface area (Å²) in [5.74, 6) is 1.01. The molecule has 5 heteroatoms. The second kappa shape index (κ2) is 4.91. The summed E-state index contributed by atoms with van der Waals surface area (Å²) < 4.78 is 0. The molecule has 4 nitrogen and oxygen atoms in total. The molecule has 0 N–H and O–H groups in total. The maximum atomic E-state index is 6.05. The molecular formula is C14H21ClN4. The molecule has 0 spiro atoms. The Morgan fingerprint density at radius 2 is 1.95 bits per heavy atom. The maximum Gasteiger partial charge on any atom is 0.155 e. The van der Waals surface area contributed by atoms with Crippen molar-refractivity contribution in [2.75, 3.05) is 24.5 Å². The van der Waals surface area contributed by atoms with E-state index in [-0.39, 0.29) is 0 Å². The molecule has 2 saturated heterocycles. The van der Waals surface area contributed by atoms with E-state index in [1.54, 1.807) is 0 Å². The van der Waals surface area contributed by atoms with E-state index in [2.05, 4.69) is 33.8 Å². The molecule has 19 heavy (non-hydrogen) atoms. The van der Waals surface area contributed by atoms with Gasteiger partial charge in [0.1, 0.15) is 0 Å². The molecule has 2 atom stereocenters. The molecule has 2 aliphatic rings. The van der Waals surface area contributed by atoms with Crippen LogP contribution in [0.1, 0.15) is 30.9 Å². The van der Waals surface area contributed by atoms with Gasteiger partial charge in [0.25, 0.3) is 0 Å². The molecule has 0 aromatic carbocycles. The molecule has 3 heterocycles. The molecule has 0 bridgehead atoms. The number of anilines is 1. The lowest BCUT2D eigenvalue weighted by atomic mass is 10.1. The van der Waals surface area contributed by atoms with Crippen LogP contribution in [0.15, 0.2) is 0 Å². The summed E-state index contributed by atoms with van der Waals surface area (Å²) in [4.78, 5) is 5.03. The zero-order valence-corrected chi connectivity index (χ0v) is 12.6. The molecule has 3 rings (SSSR count). The fraction of sp³-hybridized carbons (Fsp3) is 0.714. The Morgan fingerprint density at radius 1 is 1.16 bits per heavy atom. The zero-order chi connectivity index (χ0) is 13.6. The van der Waals surface area contributed by atoms with E-state index in [1.165, 1.54) is 24.9 Å². The van der Waals surface area contributed by atoms with E-state index < -0.39 is 0 Å². The molecule has 0 amide bonds. The van der Waals surface area contributed by atoms with Crippen molar-refractivity contribution in [3.8, 4) is 0 Å². The van der Waals surface area contributed by atoms with Crippen LogP contribution in [-0.2, 0) is 0 Å². The second-order valence-corrected chi connectivity index (χ2v) is 6.21. The Morgan fingerprint density at radius 3 is 2.74 bits per heavy atom. The SMILES string of the molecule is Cc1c(Cl)nnc(N2CC3CCCN3CC2C)c1C. The minimum absolute atomic E-state index is 0.489. The van der Waals surface area contributed by atoms with E-state index in [0.29, 0.717) is 17.2 Å². The van der Waals surface area contributed by atoms with Gasteiger partial charge in [-0.2, -0.15) is 0 Å². The lowest BCUT2D eigenvalue weighted by Crippen LogP contribution is -2.55. The summed E-state index contributed by atoms with van der Waals surface area (Å²) in [5.41, 5.74) is 2.21. The first-order valence-electron chi connectivity index (χ1n) is 7.08. The van der Waals surface area contributed by atoms with Crippen molar-refractivity contribution < 1.29 is 0 Å². The average Bonchev–Trinajstić information content (AvgIpc) is 2.83. The average molecular weight is 281 g/mol. The summed E-state index contributed by atoms with van der Waals surface area (Å²) in [6.07, 6.45) is 2.64. The predicted octanol–water partition coefficient (Wildman–Crippen LogP) is 2.42. The van der Waals surface area contributed by atoms with Crippen LogP contribution < -0.4 is 4.90 Å². The number of aromatic nitrogens is 2. The van der Waals surface area contributed by atoms with E-state index in [4.69, 9.17) is 11.6 Å². The molecule has 1 aromatic rings. The van der Waals surface area contributed by atoms with E-state index >= 15 is 0 Å². The monoisotopic (exact) mass is 280 g/mol. The van der Waals surface area contributed by atoms with Gasteiger partial charge in [-0.1, -0.05) is 11.6 Å². The lowest BCUT2D eigenvalue weighted by molar-refractivity contribution is 0.202. The fourth-order valence-electron chi connectivity index (χ4n) is 3.32. The minimum Gasteiger partial charge on any atom is -0.349 e. The fourth-order valence-corrected chi connectivity index (χ4v) is 3.50. The second-order valence-electron chi connectivity index (χ2n) is 5.86. The molecule has 2 unspecified atom stereocenters. The molecule has 1 aromatic heterocycles. The van der Waals surface area contributed by atoms with Crippen LogP contribution in [0.4, 0.5) is 5.82 Å². The van der Waals surface area contributed by atoms with Gasteiger partial charge in [-0.3, -0.25) is 4.90 Å². The first kappa shape index (κ1) is 13.1. The van der Waals surface area contributed by atoms with Crippen LogP contribution in [0, 0.1) is 13.8 Å². The third-order valence-electron chi connectivity index (χ3n) is 4.65. The number of piperazine rings is 1. The highest BCUT2D eigenvalue weighted by molar-refractivity contribution is 6.30. The zero-order valence-electron chi connectivity index (χ0n) is 11.9. The smallest absolute Gasteiger partial charge is 0.155 e. The van der Waals surface area contributed by atoms with E-state index in [9.17, 15) is 0 Å². The van der Waals surface area contributed by atoms with Crippen LogP contribution >= 0.6 is 11.6 Å². The summed E-state index contributed by atoms with van der Waals surface area (Å²) in [6, 6.07) is 1.18. The van der Waals surface area contributed by atoms with Crippen molar-refractivity contribution in [1.82, 2.24) is 15.1 Å². The van der Waals surface area contributed by atoms with Crippen molar-refractivity contribution in [3.63, 3.8) is 0 Å². The summed E-state index contributed by atoms with van der Waals surface area (Å²) >= 11 is 6.05. The van der Waals surface area contributed by atoms with Gasteiger partial charge in [0.15, 0.2) is 11.0 Å². The van der Waals surface area contributed by atoms with Gasteiger partial charge in [-0.25, -0.2) is 0 Å². The maximum absolute atomic E-state index is 6.05. The molecule has 2 aliphatic heterocycles. The number of fused-ring (bicyclic) bond motifs is 1. The van der Waals surface area contributed by atoms with Gasteiger partial charge in [0, 0.05) is 25.2 Å². The summed E-state index contributed by atoms with van der Waals surface area (Å²) in [5, 5.41) is 8.97. The van der Waals surface area contributed by atoms with Gasteiger partial charge >= 0.3 is 0 Å². The lowest BCUT2D eigenvalue weighted by Gasteiger charge is -2.43. The van der Waals surface area contributed by atoms with Crippen LogP contribution in [-0.4, -0.2) is 46.8 Å². The van der Waals surface area contributed by atoms with Crippen LogP contribution in [0.5, 0.6) is 0 Å². The van der Waals surface area contributed by atoms with Crippen LogP contribution in [0.3, 0.4) is 0 Å². The topological polar surface area (TPSA) is 32.3 Å². The molecule has 0 aliphatic carbocycles. The third kappa shape index (κ3) is 2.21. The molecule has 0 radical (unpaired) electrons. The van der Waals surface area contributed by atoms with Crippen LogP contribution in [0.2, 0.25) is 5.15 Å². The molecule has 0 saturated carbocycles. The highest BCUT2D eigenvalue weighted by atomic mass is 35.5. The van der Waals surface area contributed by atoms with Gasteiger partial charge in [-0.15, -0.1) is 10.2 Å². The van der Waals surface area contributed by atoms with Crippen LogP contribution in [0.25, 0.3) is 0 Å². The Labute approximate surface area is 119 Å². The predicted molar refractivity (Wildman–Crippen MR) is 77.9 cm³/mol. The minimum atomic E-state index is 0.489. The standard InChI is InChI=1S/C14H21ClN4/c1-9-7-18-6-4-5-12(18)8-19(9)14-11(3)10(2)13(15)16-17-14/h9,12H,4-8H2,1-3H3. The summed E-state index contributed by atoms with van der Waals surface area (Å²) in [6.45, 7) is 9.85. The van der Waals surface area contributed by atoms with E-state index in [0.717, 1.165) is 24.5 Å². The van der Waals surface area contributed by atoms with Crippen molar-refractivity contribution in [3.05, 3.63) is 16.3 Å². The first-order valence-corrected chi connectivity index (χ1v) is 7.45. The number of hydrogen-bond donors (Lipinski definition) is 0. The molecule has 104 valence electrons. The van der Waals surface area contributed by atoms with Gasteiger partial charge in [-0.05, 0) is 51.3 Å². The van der Waals surface area contributed by atoms with Gasteiger partial charge in [0.05, 0.1) is 0 Å². The number of rotatable bonds is 1. The van der Waals surface area contributed by atoms with Gasteiger partial charge < -0.3 is 4.90 Å². The highest BCUT2D eigenvalue weighted by Crippen LogP contribution is 2.31. The number of nitrogens with zero attached hydrogens (tertiary/aromatic N) is 4. The normalized spacial score (nSPS) is 27.7. The van der Waals surface area contributed by atoms with E-state index in [1.807, 2.05) is 6.92 Å². The quantitative estimate of drug-likeness (QED) is 0.791. The highest BCUT2D eigenvalue weighted by Gasteiger charge is 2.35. The number of hydrogen-bond acceptors (Lipinski definition) is 4. The Bertz CT molecular complexity index is 491. The van der Waals surface area contributed by atoms with Crippen molar-refractivity contribution >= 4 is 17.4 Å². The molecular weight excluding hydrogens is 260 g/mol. The van der Waals surface area contributed by atoms with Crippen molar-refractivity contribution in [2.45, 2.75) is 45.7 Å². The Hall–Kier alpha value is -0.870. The molecule has 2 fully saturated rings. The Kier molecular flexibility index (Phi) is 3.39. The largest absolute Gasteiger partial charge is 0.349 e. The Balaban J connectivity index is 1.91. The van der Waals surface area contributed by atoms with Crippen molar-refractivity contribution in [1.29, 1.82) is 0 Å². The summed E-state index contributed by atoms with van der Waals surface area (Å²) in [7, 11) is 0. The number of halogens is 1. The third-order valence-corrected chi connectivity index (χ3v) is 5.01. The van der Waals surface area contributed by atoms with Gasteiger partial charge in [0.2, 0.25) is 0 Å². The van der Waals surface area contributed by atoms with Crippen molar-refractivity contribution in [2.24, 2.45) is 0 Å².